The molecule has 0 spiro atoms. The Morgan fingerprint density at radius 2 is 1.88 bits per heavy atom. The highest BCUT2D eigenvalue weighted by Crippen LogP contribution is 2.42. The number of rotatable bonds is 5. The maximum atomic E-state index is 15.5. The van der Waals surface area contributed by atoms with Gasteiger partial charge in [0.05, 0.1) is 31.4 Å². The number of nitrogens with zero attached hydrogens (tertiary/aromatic N) is 3. The van der Waals surface area contributed by atoms with E-state index in [1.807, 2.05) is 68.4 Å². The van der Waals surface area contributed by atoms with Gasteiger partial charge in [-0.05, 0) is 56.0 Å². The Labute approximate surface area is 236 Å². The molecule has 0 aliphatic carbocycles. The zero-order chi connectivity index (χ0) is 28.0. The molecule has 0 bridgehead atoms. The summed E-state index contributed by atoms with van der Waals surface area (Å²) in [7, 11) is 1.35. The lowest BCUT2D eigenvalue weighted by Crippen LogP contribution is -2.15. The third-order valence-corrected chi connectivity index (χ3v) is 7.70. The van der Waals surface area contributed by atoms with E-state index in [0.29, 0.717) is 57.7 Å². The number of hydrogen-bond donors (Lipinski definition) is 0. The van der Waals surface area contributed by atoms with Crippen molar-refractivity contribution in [2.75, 3.05) is 13.7 Å². The Morgan fingerprint density at radius 3 is 2.62 bits per heavy atom. The molecule has 2 aromatic heterocycles. The number of carbonyl (C=O) groups is 1. The minimum atomic E-state index is -0.438. The number of hydrogen-bond acceptors (Lipinski definition) is 5. The van der Waals surface area contributed by atoms with Crippen molar-refractivity contribution in [1.29, 1.82) is 0 Å². The Bertz CT molecular complexity index is 1780. The normalized spacial score (nSPS) is 12.7. The molecule has 3 aromatic carbocycles. The van der Waals surface area contributed by atoms with Crippen molar-refractivity contribution in [1.82, 2.24) is 14.6 Å². The van der Waals surface area contributed by atoms with Crippen molar-refractivity contribution in [3.8, 4) is 39.4 Å². The van der Waals surface area contributed by atoms with Crippen molar-refractivity contribution >= 4 is 23.2 Å². The predicted octanol–water partition coefficient (Wildman–Crippen LogP) is 7.18. The first kappa shape index (κ1) is 26.0. The van der Waals surface area contributed by atoms with E-state index < -0.39 is 11.8 Å². The molecule has 1 aliphatic rings. The summed E-state index contributed by atoms with van der Waals surface area (Å²) < 4.78 is 28.0. The maximum Gasteiger partial charge on any atom is 0.310 e. The second-order valence-corrected chi connectivity index (χ2v) is 10.3. The maximum absolute atomic E-state index is 15.5. The minimum absolute atomic E-state index is 0.0394. The van der Waals surface area contributed by atoms with E-state index in [1.165, 1.54) is 13.2 Å². The third-order valence-electron chi connectivity index (χ3n) is 7.47. The van der Waals surface area contributed by atoms with Crippen LogP contribution in [-0.2, 0) is 22.4 Å². The van der Waals surface area contributed by atoms with Gasteiger partial charge in [0.1, 0.15) is 5.69 Å². The Balaban J connectivity index is 1.75. The summed E-state index contributed by atoms with van der Waals surface area (Å²) >= 11 is 6.42. The lowest BCUT2D eigenvalue weighted by molar-refractivity contribution is -0.139. The Kier molecular flexibility index (Phi) is 6.76. The summed E-state index contributed by atoms with van der Waals surface area (Å²) in [5, 5.41) is 5.67. The largest absolute Gasteiger partial charge is 0.490 e. The van der Waals surface area contributed by atoms with E-state index in [0.717, 1.165) is 34.2 Å². The average molecular weight is 556 g/mol. The van der Waals surface area contributed by atoms with Crippen LogP contribution < -0.4 is 4.74 Å². The molecule has 0 radical (unpaired) electrons. The number of esters is 1. The van der Waals surface area contributed by atoms with Gasteiger partial charge in [-0.3, -0.25) is 4.79 Å². The van der Waals surface area contributed by atoms with Gasteiger partial charge in [-0.1, -0.05) is 54.1 Å². The molecule has 202 valence electrons. The molecule has 0 atom stereocenters. The van der Waals surface area contributed by atoms with Crippen LogP contribution in [0.1, 0.15) is 28.8 Å². The standard InChI is InChI=1S/C32H27ClFN3O3/c1-18-23-13-8-14-40-31(23)26(34)16-24(18)30-25(17-27(38)39-3)19(2)35-32-28(21-11-7-12-22(33)15-21)29(36-37(30)32)20-9-5-4-6-10-20/h4-7,9-12,15-16H,8,13-14,17H2,1-3H3. The fraction of sp³-hybridized carbons (Fsp3) is 0.219. The number of carbonyl (C=O) groups excluding carboxylic acids is 1. The third kappa shape index (κ3) is 4.40. The summed E-state index contributed by atoms with van der Waals surface area (Å²) in [6.07, 6.45) is 1.46. The number of halogens is 2. The first-order valence-corrected chi connectivity index (χ1v) is 13.5. The summed E-state index contributed by atoms with van der Waals surface area (Å²) in [4.78, 5) is 17.6. The van der Waals surface area contributed by atoms with Crippen LogP contribution in [-0.4, -0.2) is 34.3 Å². The molecule has 8 heteroatoms. The molecule has 5 aromatic rings. The van der Waals surface area contributed by atoms with Crippen LogP contribution in [0.2, 0.25) is 5.02 Å². The highest BCUT2D eigenvalue weighted by atomic mass is 35.5. The molecular formula is C32H27ClFN3O3. The molecule has 3 heterocycles. The van der Waals surface area contributed by atoms with Crippen molar-refractivity contribution in [2.24, 2.45) is 0 Å². The number of ether oxygens (including phenoxy) is 2. The van der Waals surface area contributed by atoms with Crippen molar-refractivity contribution in [3.05, 3.63) is 93.9 Å². The topological polar surface area (TPSA) is 65.7 Å². The molecule has 1 aliphatic heterocycles. The van der Waals surface area contributed by atoms with Gasteiger partial charge in [-0.25, -0.2) is 13.9 Å². The zero-order valence-electron chi connectivity index (χ0n) is 22.4. The van der Waals surface area contributed by atoms with Crippen LogP contribution in [0.15, 0.2) is 60.7 Å². The van der Waals surface area contributed by atoms with Gasteiger partial charge < -0.3 is 9.47 Å². The van der Waals surface area contributed by atoms with Crippen molar-refractivity contribution in [3.63, 3.8) is 0 Å². The zero-order valence-corrected chi connectivity index (χ0v) is 23.2. The van der Waals surface area contributed by atoms with Crippen LogP contribution >= 0.6 is 11.6 Å². The predicted molar refractivity (Wildman–Crippen MR) is 153 cm³/mol. The summed E-state index contributed by atoms with van der Waals surface area (Å²) in [5.74, 6) is -0.558. The molecular weight excluding hydrogens is 529 g/mol. The van der Waals surface area contributed by atoms with Crippen LogP contribution in [0.4, 0.5) is 4.39 Å². The molecule has 0 unspecified atom stereocenters. The summed E-state index contributed by atoms with van der Waals surface area (Å²) in [5.41, 5.74) is 8.02. The first-order valence-electron chi connectivity index (χ1n) is 13.1. The van der Waals surface area contributed by atoms with E-state index >= 15 is 4.39 Å². The number of methoxy groups -OCH3 is 1. The summed E-state index contributed by atoms with van der Waals surface area (Å²) in [6.45, 7) is 4.30. The summed E-state index contributed by atoms with van der Waals surface area (Å²) in [6, 6.07) is 18.9. The lowest BCUT2D eigenvalue weighted by Gasteiger charge is -2.23. The van der Waals surface area contributed by atoms with Crippen LogP contribution in [0.3, 0.4) is 0 Å². The smallest absolute Gasteiger partial charge is 0.310 e. The number of aryl methyl sites for hydroxylation is 1. The Morgan fingerprint density at radius 1 is 1.10 bits per heavy atom. The van der Waals surface area contributed by atoms with Gasteiger partial charge in [0.15, 0.2) is 17.2 Å². The molecule has 0 N–H and O–H groups in total. The fourth-order valence-corrected chi connectivity index (χ4v) is 5.70. The quantitative estimate of drug-likeness (QED) is 0.215. The van der Waals surface area contributed by atoms with Gasteiger partial charge in [0.2, 0.25) is 0 Å². The Hall–Kier alpha value is -4.23. The molecule has 40 heavy (non-hydrogen) atoms. The van der Waals surface area contributed by atoms with Gasteiger partial charge in [-0.15, -0.1) is 0 Å². The van der Waals surface area contributed by atoms with Crippen LogP contribution in [0.25, 0.3) is 39.3 Å². The van der Waals surface area contributed by atoms with Gasteiger partial charge in [0.25, 0.3) is 0 Å². The van der Waals surface area contributed by atoms with Crippen molar-refractivity contribution < 1.29 is 18.7 Å². The molecule has 6 nitrogen and oxygen atoms in total. The van der Waals surface area contributed by atoms with E-state index in [4.69, 9.17) is 31.2 Å². The molecule has 0 amide bonds. The molecule has 0 fully saturated rings. The number of benzene rings is 3. The SMILES string of the molecule is COC(=O)Cc1c(C)nc2c(-c3cccc(Cl)c3)c(-c3ccccc3)nn2c1-c1cc(F)c2c(c1C)CCCO2. The number of fused-ring (bicyclic) bond motifs is 2. The highest BCUT2D eigenvalue weighted by Gasteiger charge is 2.28. The second-order valence-electron chi connectivity index (χ2n) is 9.90. The van der Waals surface area contributed by atoms with E-state index in [9.17, 15) is 4.79 Å². The van der Waals surface area contributed by atoms with E-state index in [1.54, 1.807) is 4.52 Å². The first-order chi connectivity index (χ1) is 19.4. The van der Waals surface area contributed by atoms with Gasteiger partial charge in [-0.2, -0.15) is 5.10 Å². The van der Waals surface area contributed by atoms with Gasteiger partial charge >= 0.3 is 5.97 Å². The van der Waals surface area contributed by atoms with Crippen molar-refractivity contribution in [2.45, 2.75) is 33.1 Å². The highest BCUT2D eigenvalue weighted by molar-refractivity contribution is 6.31. The second kappa shape index (κ2) is 10.4. The van der Waals surface area contributed by atoms with Crippen LogP contribution in [0.5, 0.6) is 5.75 Å². The minimum Gasteiger partial charge on any atom is -0.490 e. The molecule has 0 saturated carbocycles. The van der Waals surface area contributed by atoms with Crippen LogP contribution in [0, 0.1) is 19.7 Å². The van der Waals surface area contributed by atoms with E-state index in [2.05, 4.69) is 0 Å². The lowest BCUT2D eigenvalue weighted by atomic mass is 9.91. The molecule has 6 rings (SSSR count). The van der Waals surface area contributed by atoms with E-state index in [-0.39, 0.29) is 6.42 Å². The number of aromatic nitrogens is 3. The average Bonchev–Trinajstić information content (AvgIpc) is 3.34. The fourth-order valence-electron chi connectivity index (χ4n) is 5.51. The van der Waals surface area contributed by atoms with Gasteiger partial charge in [0, 0.05) is 33.0 Å². The molecule has 0 saturated heterocycles. The monoisotopic (exact) mass is 555 g/mol.